The standard InChI is InChI=1S/C17H19N3O3/c1-3-12-4-6-13(7-5-12)20-16(21)11(2)23-17(22)14-8-9-19-10-15(14)18/h4-11H,3,18H2,1-2H3,(H,20,21). The fourth-order valence-corrected chi connectivity index (χ4v) is 1.94. The Morgan fingerprint density at radius 3 is 2.57 bits per heavy atom. The molecule has 1 atom stereocenters. The van der Waals surface area contributed by atoms with Gasteiger partial charge in [-0.05, 0) is 37.1 Å². The lowest BCUT2D eigenvalue weighted by Gasteiger charge is -2.14. The van der Waals surface area contributed by atoms with Crippen LogP contribution in [0.4, 0.5) is 11.4 Å². The van der Waals surface area contributed by atoms with Crippen molar-refractivity contribution in [3.05, 3.63) is 53.9 Å². The molecule has 6 heteroatoms. The van der Waals surface area contributed by atoms with Gasteiger partial charge in [0.1, 0.15) is 0 Å². The molecule has 0 saturated heterocycles. The summed E-state index contributed by atoms with van der Waals surface area (Å²) in [6, 6.07) is 8.94. The summed E-state index contributed by atoms with van der Waals surface area (Å²) in [5.41, 5.74) is 7.88. The van der Waals surface area contributed by atoms with Crippen molar-refractivity contribution in [1.29, 1.82) is 0 Å². The van der Waals surface area contributed by atoms with Crippen LogP contribution < -0.4 is 11.1 Å². The predicted octanol–water partition coefficient (Wildman–Crippen LogP) is 2.41. The summed E-state index contributed by atoms with van der Waals surface area (Å²) in [5, 5.41) is 2.70. The number of benzene rings is 1. The molecule has 2 rings (SSSR count). The van der Waals surface area contributed by atoms with Crippen molar-refractivity contribution in [2.45, 2.75) is 26.4 Å². The molecule has 0 fully saturated rings. The number of hydrogen-bond acceptors (Lipinski definition) is 5. The third-order valence-electron chi connectivity index (χ3n) is 3.35. The molecular formula is C17H19N3O3. The number of amides is 1. The van der Waals surface area contributed by atoms with Gasteiger partial charge in [-0.15, -0.1) is 0 Å². The van der Waals surface area contributed by atoms with E-state index in [9.17, 15) is 9.59 Å². The maximum absolute atomic E-state index is 12.1. The molecule has 3 N–H and O–H groups in total. The minimum Gasteiger partial charge on any atom is -0.449 e. The molecule has 1 heterocycles. The lowest BCUT2D eigenvalue weighted by molar-refractivity contribution is -0.123. The molecule has 1 aromatic carbocycles. The van der Waals surface area contributed by atoms with E-state index in [0.717, 1.165) is 6.42 Å². The van der Waals surface area contributed by atoms with Crippen LogP contribution in [0.2, 0.25) is 0 Å². The second kappa shape index (κ2) is 7.40. The van der Waals surface area contributed by atoms with Crippen molar-refractivity contribution in [2.24, 2.45) is 0 Å². The number of nitrogens with one attached hydrogen (secondary N) is 1. The summed E-state index contributed by atoms with van der Waals surface area (Å²) in [7, 11) is 0. The second-order valence-electron chi connectivity index (χ2n) is 5.05. The van der Waals surface area contributed by atoms with E-state index < -0.39 is 18.0 Å². The molecule has 1 aromatic heterocycles. The van der Waals surface area contributed by atoms with Gasteiger partial charge in [0.15, 0.2) is 6.10 Å². The van der Waals surface area contributed by atoms with Crippen LogP contribution in [-0.2, 0) is 16.0 Å². The van der Waals surface area contributed by atoms with Crippen LogP contribution in [0.3, 0.4) is 0 Å². The first-order chi connectivity index (χ1) is 11.0. The number of nitrogens with zero attached hydrogens (tertiary/aromatic N) is 1. The van der Waals surface area contributed by atoms with Crippen LogP contribution in [0.25, 0.3) is 0 Å². The van der Waals surface area contributed by atoms with Crippen molar-refractivity contribution in [2.75, 3.05) is 11.1 Å². The SMILES string of the molecule is CCc1ccc(NC(=O)C(C)OC(=O)c2ccncc2N)cc1. The number of nitrogen functional groups attached to an aromatic ring is 1. The number of rotatable bonds is 5. The largest absolute Gasteiger partial charge is 0.449 e. The van der Waals surface area contributed by atoms with Crippen molar-refractivity contribution in [3.8, 4) is 0 Å². The van der Waals surface area contributed by atoms with Gasteiger partial charge in [0, 0.05) is 11.9 Å². The Labute approximate surface area is 134 Å². The predicted molar refractivity (Wildman–Crippen MR) is 88.0 cm³/mol. The lowest BCUT2D eigenvalue weighted by Crippen LogP contribution is -2.30. The van der Waals surface area contributed by atoms with Gasteiger partial charge in [-0.1, -0.05) is 19.1 Å². The van der Waals surface area contributed by atoms with Crippen LogP contribution in [0, 0.1) is 0 Å². The minimum absolute atomic E-state index is 0.187. The van der Waals surface area contributed by atoms with Crippen LogP contribution >= 0.6 is 0 Å². The van der Waals surface area contributed by atoms with E-state index in [-0.39, 0.29) is 11.3 Å². The number of carbonyl (C=O) groups excluding carboxylic acids is 2. The minimum atomic E-state index is -0.944. The normalized spacial score (nSPS) is 11.6. The first-order valence-corrected chi connectivity index (χ1v) is 7.31. The van der Waals surface area contributed by atoms with Crippen molar-refractivity contribution < 1.29 is 14.3 Å². The van der Waals surface area contributed by atoms with Gasteiger partial charge in [0.2, 0.25) is 0 Å². The molecule has 0 saturated carbocycles. The van der Waals surface area contributed by atoms with Gasteiger partial charge in [0.05, 0.1) is 17.4 Å². The Morgan fingerprint density at radius 1 is 1.26 bits per heavy atom. The number of hydrogen-bond donors (Lipinski definition) is 2. The zero-order valence-electron chi connectivity index (χ0n) is 13.1. The maximum Gasteiger partial charge on any atom is 0.341 e. The fourth-order valence-electron chi connectivity index (χ4n) is 1.94. The third-order valence-corrected chi connectivity index (χ3v) is 3.35. The number of carbonyl (C=O) groups is 2. The smallest absolute Gasteiger partial charge is 0.341 e. The molecule has 23 heavy (non-hydrogen) atoms. The third kappa shape index (κ3) is 4.29. The topological polar surface area (TPSA) is 94.3 Å². The van der Waals surface area contributed by atoms with E-state index in [1.165, 1.54) is 30.9 Å². The van der Waals surface area contributed by atoms with Crippen LogP contribution in [0.1, 0.15) is 29.8 Å². The Kier molecular flexibility index (Phi) is 5.30. The highest BCUT2D eigenvalue weighted by molar-refractivity contribution is 5.99. The molecule has 1 unspecified atom stereocenters. The second-order valence-corrected chi connectivity index (χ2v) is 5.05. The van der Waals surface area contributed by atoms with Crippen molar-refractivity contribution >= 4 is 23.3 Å². The fraction of sp³-hybridized carbons (Fsp3) is 0.235. The molecule has 6 nitrogen and oxygen atoms in total. The highest BCUT2D eigenvalue weighted by atomic mass is 16.5. The molecule has 1 amide bonds. The number of pyridine rings is 1. The highest BCUT2D eigenvalue weighted by Gasteiger charge is 2.20. The van der Waals surface area contributed by atoms with Gasteiger partial charge < -0.3 is 15.8 Å². The number of anilines is 2. The van der Waals surface area contributed by atoms with E-state index in [0.29, 0.717) is 5.69 Å². The van der Waals surface area contributed by atoms with Crippen molar-refractivity contribution in [1.82, 2.24) is 4.98 Å². The zero-order chi connectivity index (χ0) is 16.8. The lowest BCUT2D eigenvalue weighted by atomic mass is 10.1. The van der Waals surface area contributed by atoms with E-state index in [2.05, 4.69) is 17.2 Å². The summed E-state index contributed by atoms with van der Waals surface area (Å²) in [6.45, 7) is 3.56. The van der Waals surface area contributed by atoms with E-state index in [1.807, 2.05) is 24.3 Å². The number of ether oxygens (including phenoxy) is 1. The summed E-state index contributed by atoms with van der Waals surface area (Å²) < 4.78 is 5.14. The Balaban J connectivity index is 1.96. The summed E-state index contributed by atoms with van der Waals surface area (Å²) in [6.07, 6.45) is 2.78. The number of aromatic nitrogens is 1. The van der Waals surface area contributed by atoms with Crippen LogP contribution in [-0.4, -0.2) is 23.0 Å². The van der Waals surface area contributed by atoms with Crippen LogP contribution in [0.5, 0.6) is 0 Å². The number of aryl methyl sites for hydroxylation is 1. The Morgan fingerprint density at radius 2 is 1.96 bits per heavy atom. The van der Waals surface area contributed by atoms with Gasteiger partial charge in [-0.3, -0.25) is 9.78 Å². The molecule has 120 valence electrons. The summed E-state index contributed by atoms with van der Waals surface area (Å²) in [5.74, 6) is -1.07. The monoisotopic (exact) mass is 313 g/mol. The molecule has 0 aliphatic carbocycles. The Bertz CT molecular complexity index is 698. The average molecular weight is 313 g/mol. The first kappa shape index (κ1) is 16.5. The molecule has 0 bridgehead atoms. The first-order valence-electron chi connectivity index (χ1n) is 7.31. The van der Waals surface area contributed by atoms with E-state index >= 15 is 0 Å². The quantitative estimate of drug-likeness (QED) is 0.827. The van der Waals surface area contributed by atoms with Gasteiger partial charge in [-0.25, -0.2) is 4.79 Å². The molecule has 0 radical (unpaired) electrons. The molecule has 0 spiro atoms. The summed E-state index contributed by atoms with van der Waals surface area (Å²) >= 11 is 0. The van der Waals surface area contributed by atoms with Crippen molar-refractivity contribution in [3.63, 3.8) is 0 Å². The van der Waals surface area contributed by atoms with E-state index in [1.54, 1.807) is 0 Å². The number of esters is 1. The summed E-state index contributed by atoms with van der Waals surface area (Å²) in [4.78, 5) is 27.9. The van der Waals surface area contributed by atoms with Gasteiger partial charge in [0.25, 0.3) is 5.91 Å². The molecule has 0 aliphatic rings. The average Bonchev–Trinajstić information content (AvgIpc) is 2.55. The maximum atomic E-state index is 12.1. The Hall–Kier alpha value is -2.89. The molecule has 2 aromatic rings. The van der Waals surface area contributed by atoms with Gasteiger partial charge in [-0.2, -0.15) is 0 Å². The highest BCUT2D eigenvalue weighted by Crippen LogP contribution is 2.13. The van der Waals surface area contributed by atoms with Gasteiger partial charge >= 0.3 is 5.97 Å². The number of nitrogens with two attached hydrogens (primary N) is 1. The zero-order valence-corrected chi connectivity index (χ0v) is 13.1. The molecule has 0 aliphatic heterocycles. The van der Waals surface area contributed by atoms with Crippen LogP contribution in [0.15, 0.2) is 42.7 Å². The molecular weight excluding hydrogens is 294 g/mol. The van der Waals surface area contributed by atoms with E-state index in [4.69, 9.17) is 10.5 Å².